The Balaban J connectivity index is 2.84. The van der Waals surface area contributed by atoms with Crippen LogP contribution >= 0.6 is 11.6 Å². The highest BCUT2D eigenvalue weighted by Gasteiger charge is 2.31. The molecule has 0 aliphatic carbocycles. The summed E-state index contributed by atoms with van der Waals surface area (Å²) in [7, 11) is 0. The summed E-state index contributed by atoms with van der Waals surface area (Å²) in [6, 6.07) is 0. The molecule has 96 valence electrons. The number of carbonyl (C=O) groups is 1. The largest absolute Gasteiger partial charge is 0.395 e. The van der Waals surface area contributed by atoms with Gasteiger partial charge in [0.15, 0.2) is 0 Å². The van der Waals surface area contributed by atoms with Crippen molar-refractivity contribution in [1.82, 2.24) is 9.78 Å². The van der Waals surface area contributed by atoms with E-state index >= 15 is 0 Å². The normalized spacial score (nSPS) is 11.9. The number of carbonyl (C=O) groups excluding carboxylic acids is 1. The van der Waals surface area contributed by atoms with Gasteiger partial charge >= 0.3 is 6.18 Å². The van der Waals surface area contributed by atoms with E-state index in [1.165, 1.54) is 4.68 Å². The Labute approximate surface area is 102 Å². The predicted octanol–water partition coefficient (Wildman–Crippen LogP) is 2.93. The van der Waals surface area contributed by atoms with Crippen LogP contribution in [0.2, 0.25) is 5.02 Å². The molecule has 0 saturated carbocycles. The molecule has 0 fully saturated rings. The van der Waals surface area contributed by atoms with Crippen molar-refractivity contribution in [2.24, 2.45) is 0 Å². The van der Waals surface area contributed by atoms with E-state index in [4.69, 9.17) is 11.6 Å². The van der Waals surface area contributed by atoms with E-state index in [2.05, 4.69) is 5.10 Å². The summed E-state index contributed by atoms with van der Waals surface area (Å²) < 4.78 is 37.5. The molecular weight excluding hydrogens is 257 g/mol. The quantitative estimate of drug-likeness (QED) is 0.841. The van der Waals surface area contributed by atoms with E-state index in [0.717, 1.165) is 0 Å². The van der Waals surface area contributed by atoms with Crippen molar-refractivity contribution in [3.05, 3.63) is 16.4 Å². The van der Waals surface area contributed by atoms with Gasteiger partial charge in [-0.25, -0.2) is 0 Å². The van der Waals surface area contributed by atoms with Crippen LogP contribution in [0, 0.1) is 6.92 Å². The zero-order valence-corrected chi connectivity index (χ0v) is 10.2. The van der Waals surface area contributed by atoms with Gasteiger partial charge in [-0.1, -0.05) is 11.6 Å². The third-order valence-electron chi connectivity index (χ3n) is 2.22. The van der Waals surface area contributed by atoms with E-state index in [9.17, 15) is 18.0 Å². The summed E-state index contributed by atoms with van der Waals surface area (Å²) >= 11 is 5.89. The standard InChI is InChI=1S/C10H12ClF3N2O/c1-3-16-8(9(11)6(2)15-16)4-7(17)5-10(12,13)14/h3-5H2,1-2H3. The van der Waals surface area contributed by atoms with Crippen molar-refractivity contribution in [2.75, 3.05) is 0 Å². The lowest BCUT2D eigenvalue weighted by atomic mass is 10.1. The first-order valence-corrected chi connectivity index (χ1v) is 5.42. The van der Waals surface area contributed by atoms with Crippen molar-refractivity contribution in [1.29, 1.82) is 0 Å². The van der Waals surface area contributed by atoms with Crippen LogP contribution in [0.1, 0.15) is 24.7 Å². The lowest BCUT2D eigenvalue weighted by molar-refractivity contribution is -0.151. The smallest absolute Gasteiger partial charge is 0.299 e. The molecular formula is C10H12ClF3N2O. The van der Waals surface area contributed by atoms with Crippen molar-refractivity contribution in [3.8, 4) is 0 Å². The molecule has 0 atom stereocenters. The summed E-state index contributed by atoms with van der Waals surface area (Å²) in [6.45, 7) is 3.88. The average molecular weight is 269 g/mol. The average Bonchev–Trinajstić information content (AvgIpc) is 2.42. The molecule has 0 N–H and O–H groups in total. The Kier molecular flexibility index (Phi) is 4.19. The number of nitrogens with zero attached hydrogens (tertiary/aromatic N) is 2. The van der Waals surface area contributed by atoms with Crippen LogP contribution in [0.3, 0.4) is 0 Å². The van der Waals surface area contributed by atoms with Crippen LogP contribution in [0.5, 0.6) is 0 Å². The van der Waals surface area contributed by atoms with Gasteiger partial charge in [0.2, 0.25) is 0 Å². The van der Waals surface area contributed by atoms with E-state index in [1.54, 1.807) is 13.8 Å². The van der Waals surface area contributed by atoms with Gasteiger partial charge in [-0.05, 0) is 13.8 Å². The van der Waals surface area contributed by atoms with Crippen molar-refractivity contribution < 1.29 is 18.0 Å². The van der Waals surface area contributed by atoms with Crippen molar-refractivity contribution in [3.63, 3.8) is 0 Å². The first-order chi connectivity index (χ1) is 7.74. The second-order valence-corrected chi connectivity index (χ2v) is 4.05. The van der Waals surface area contributed by atoms with Crippen LogP contribution in [0.15, 0.2) is 0 Å². The maximum absolute atomic E-state index is 12.0. The summed E-state index contributed by atoms with van der Waals surface area (Å²) in [5.41, 5.74) is 0.865. The number of aryl methyl sites for hydroxylation is 2. The predicted molar refractivity (Wildman–Crippen MR) is 57.0 cm³/mol. The minimum absolute atomic E-state index is 0.266. The number of alkyl halides is 3. The minimum atomic E-state index is -4.48. The van der Waals surface area contributed by atoms with Gasteiger partial charge < -0.3 is 0 Å². The molecule has 0 aliphatic heterocycles. The molecule has 1 aromatic heterocycles. The number of rotatable bonds is 4. The fraction of sp³-hybridized carbons (Fsp3) is 0.600. The monoisotopic (exact) mass is 268 g/mol. The SMILES string of the molecule is CCn1nc(C)c(Cl)c1CC(=O)CC(F)(F)F. The molecule has 0 aliphatic rings. The highest BCUT2D eigenvalue weighted by atomic mass is 35.5. The number of hydrogen-bond acceptors (Lipinski definition) is 2. The molecule has 17 heavy (non-hydrogen) atoms. The number of halogens is 4. The summed E-state index contributed by atoms with van der Waals surface area (Å²) in [5.74, 6) is -0.908. The molecule has 0 saturated heterocycles. The molecule has 0 unspecified atom stereocenters. The Morgan fingerprint density at radius 3 is 2.53 bits per heavy atom. The Bertz CT molecular complexity index is 426. The Morgan fingerprint density at radius 1 is 1.47 bits per heavy atom. The van der Waals surface area contributed by atoms with Gasteiger partial charge in [0, 0.05) is 6.54 Å². The van der Waals surface area contributed by atoms with E-state index < -0.39 is 18.4 Å². The maximum atomic E-state index is 12.0. The second kappa shape index (κ2) is 5.08. The number of hydrogen-bond donors (Lipinski definition) is 0. The maximum Gasteiger partial charge on any atom is 0.395 e. The van der Waals surface area contributed by atoms with Crippen LogP contribution in [0.25, 0.3) is 0 Å². The second-order valence-electron chi connectivity index (χ2n) is 3.67. The van der Waals surface area contributed by atoms with Crippen LogP contribution in [-0.4, -0.2) is 21.7 Å². The highest BCUT2D eigenvalue weighted by Crippen LogP contribution is 2.24. The third-order valence-corrected chi connectivity index (χ3v) is 2.71. The number of Topliss-reactive ketones (excluding diaryl/α,β-unsaturated/α-hetero) is 1. The topological polar surface area (TPSA) is 34.9 Å². The van der Waals surface area contributed by atoms with Gasteiger partial charge in [-0.15, -0.1) is 0 Å². The molecule has 1 rings (SSSR count). The molecule has 0 radical (unpaired) electrons. The highest BCUT2D eigenvalue weighted by molar-refractivity contribution is 6.32. The first kappa shape index (κ1) is 14.0. The van der Waals surface area contributed by atoms with E-state index in [0.29, 0.717) is 17.9 Å². The van der Waals surface area contributed by atoms with Gasteiger partial charge in [-0.2, -0.15) is 18.3 Å². The molecule has 0 aromatic carbocycles. The number of aromatic nitrogens is 2. The molecule has 0 bridgehead atoms. The molecule has 0 spiro atoms. The lowest BCUT2D eigenvalue weighted by Crippen LogP contribution is -2.18. The first-order valence-electron chi connectivity index (χ1n) is 5.04. The minimum Gasteiger partial charge on any atom is -0.299 e. The zero-order valence-electron chi connectivity index (χ0n) is 9.44. The Hall–Kier alpha value is -1.04. The zero-order chi connectivity index (χ0) is 13.2. The summed E-state index contributed by atoms with van der Waals surface area (Å²) in [4.78, 5) is 11.2. The molecule has 1 heterocycles. The van der Waals surface area contributed by atoms with Crippen LogP contribution < -0.4 is 0 Å². The van der Waals surface area contributed by atoms with Crippen molar-refractivity contribution >= 4 is 17.4 Å². The summed E-state index contributed by atoms with van der Waals surface area (Å²) in [6.07, 6.45) is -6.25. The van der Waals surface area contributed by atoms with E-state index in [1.807, 2.05) is 0 Å². The molecule has 3 nitrogen and oxygen atoms in total. The fourth-order valence-electron chi connectivity index (χ4n) is 1.51. The van der Waals surface area contributed by atoms with Crippen LogP contribution in [0.4, 0.5) is 13.2 Å². The fourth-order valence-corrected chi connectivity index (χ4v) is 1.71. The van der Waals surface area contributed by atoms with Crippen LogP contribution in [-0.2, 0) is 17.8 Å². The number of ketones is 1. The molecule has 0 amide bonds. The van der Waals surface area contributed by atoms with Gasteiger partial charge in [0.1, 0.15) is 12.2 Å². The lowest BCUT2D eigenvalue weighted by Gasteiger charge is -2.07. The molecule has 1 aromatic rings. The van der Waals surface area contributed by atoms with Gasteiger partial charge in [0.25, 0.3) is 0 Å². The molecule has 7 heteroatoms. The third kappa shape index (κ3) is 3.73. The van der Waals surface area contributed by atoms with Gasteiger partial charge in [-0.3, -0.25) is 9.48 Å². The van der Waals surface area contributed by atoms with E-state index in [-0.39, 0.29) is 11.4 Å². The van der Waals surface area contributed by atoms with Crippen molar-refractivity contribution in [2.45, 2.75) is 39.4 Å². The Morgan fingerprint density at radius 2 is 2.06 bits per heavy atom. The summed E-state index contributed by atoms with van der Waals surface area (Å²) in [5, 5.41) is 4.30. The van der Waals surface area contributed by atoms with Gasteiger partial charge in [0.05, 0.1) is 22.8 Å².